The lowest BCUT2D eigenvalue weighted by Gasteiger charge is -2.39. The summed E-state index contributed by atoms with van der Waals surface area (Å²) < 4.78 is 0. The molecule has 1 aromatic rings. The van der Waals surface area contributed by atoms with E-state index in [0.29, 0.717) is 44.2 Å². The Hall–Kier alpha value is -1.79. The van der Waals surface area contributed by atoms with Crippen LogP contribution in [0.1, 0.15) is 25.7 Å². The molecule has 2 fully saturated rings. The first-order chi connectivity index (χ1) is 12.6. The number of anilines is 1. The van der Waals surface area contributed by atoms with Crippen LogP contribution in [0.2, 0.25) is 5.02 Å². The molecule has 0 bridgehead atoms. The lowest BCUT2D eigenvalue weighted by molar-refractivity contribution is -0.154. The molecule has 7 heteroatoms. The summed E-state index contributed by atoms with van der Waals surface area (Å²) in [5, 5.41) is 9.90. The Morgan fingerprint density at radius 1 is 1.08 bits per heavy atom. The van der Waals surface area contributed by atoms with E-state index in [1.54, 1.807) is 9.80 Å². The standard InChI is InChI=1S/C19H26ClN3O3/c20-15-4-3-6-17(14-15)21-9-11-22(12-10-21)18(25)19(26)23-8-2-1-5-16(23)7-13-24/h3-4,6,14,16,24H,1-2,5,7-13H2. The van der Waals surface area contributed by atoms with E-state index >= 15 is 0 Å². The number of benzene rings is 1. The fourth-order valence-electron chi connectivity index (χ4n) is 3.82. The molecule has 142 valence electrons. The molecule has 26 heavy (non-hydrogen) atoms. The summed E-state index contributed by atoms with van der Waals surface area (Å²) in [7, 11) is 0. The predicted molar refractivity (Wildman–Crippen MR) is 101 cm³/mol. The summed E-state index contributed by atoms with van der Waals surface area (Å²) in [6.07, 6.45) is 3.37. The molecule has 2 aliphatic heterocycles. The first-order valence-corrected chi connectivity index (χ1v) is 9.69. The van der Waals surface area contributed by atoms with Gasteiger partial charge in [-0.25, -0.2) is 0 Å². The molecular weight excluding hydrogens is 354 g/mol. The number of hydrogen-bond donors (Lipinski definition) is 1. The van der Waals surface area contributed by atoms with Crippen LogP contribution in [-0.4, -0.2) is 72.1 Å². The van der Waals surface area contributed by atoms with Crippen molar-refractivity contribution in [3.05, 3.63) is 29.3 Å². The molecule has 2 amide bonds. The SMILES string of the molecule is O=C(C(=O)N1CCCCC1CCO)N1CCN(c2cccc(Cl)c2)CC1. The highest BCUT2D eigenvalue weighted by Gasteiger charge is 2.34. The Bertz CT molecular complexity index is 645. The Morgan fingerprint density at radius 3 is 2.54 bits per heavy atom. The molecule has 1 aromatic carbocycles. The summed E-state index contributed by atoms with van der Waals surface area (Å²) in [5.74, 6) is -0.833. The van der Waals surface area contributed by atoms with Crippen LogP contribution in [0.3, 0.4) is 0 Å². The van der Waals surface area contributed by atoms with E-state index < -0.39 is 11.8 Å². The second kappa shape index (κ2) is 8.73. The van der Waals surface area contributed by atoms with Gasteiger partial charge >= 0.3 is 11.8 Å². The number of halogens is 1. The average Bonchev–Trinajstić information content (AvgIpc) is 2.68. The lowest BCUT2D eigenvalue weighted by Crippen LogP contribution is -2.55. The van der Waals surface area contributed by atoms with Gasteiger partial charge in [0.15, 0.2) is 0 Å². The van der Waals surface area contributed by atoms with Crippen molar-refractivity contribution in [2.75, 3.05) is 44.2 Å². The van der Waals surface area contributed by atoms with Crippen LogP contribution in [0, 0.1) is 0 Å². The molecule has 2 aliphatic rings. The number of carbonyl (C=O) groups excluding carboxylic acids is 2. The Kier molecular flexibility index (Phi) is 6.38. The first kappa shape index (κ1) is 19.0. The third-order valence-corrected chi connectivity index (χ3v) is 5.51. The molecule has 0 aliphatic carbocycles. The number of rotatable bonds is 3. The number of amides is 2. The zero-order valence-electron chi connectivity index (χ0n) is 14.9. The van der Waals surface area contributed by atoms with Crippen LogP contribution < -0.4 is 4.90 Å². The smallest absolute Gasteiger partial charge is 0.312 e. The molecule has 2 saturated heterocycles. The van der Waals surface area contributed by atoms with Gasteiger partial charge in [-0.15, -0.1) is 0 Å². The first-order valence-electron chi connectivity index (χ1n) is 9.31. The van der Waals surface area contributed by atoms with E-state index in [-0.39, 0.29) is 12.6 Å². The monoisotopic (exact) mass is 379 g/mol. The second-order valence-electron chi connectivity index (χ2n) is 6.92. The summed E-state index contributed by atoms with van der Waals surface area (Å²) in [6, 6.07) is 7.65. The fourth-order valence-corrected chi connectivity index (χ4v) is 4.00. The number of aliphatic hydroxyl groups excluding tert-OH is 1. The molecule has 0 spiro atoms. The van der Waals surface area contributed by atoms with Gasteiger partial charge in [0.25, 0.3) is 0 Å². The third kappa shape index (κ3) is 4.30. The Labute approximate surface area is 159 Å². The van der Waals surface area contributed by atoms with Crippen molar-refractivity contribution in [1.82, 2.24) is 9.80 Å². The molecule has 0 saturated carbocycles. The molecule has 0 radical (unpaired) electrons. The molecule has 1 N–H and O–H groups in total. The summed E-state index contributed by atoms with van der Waals surface area (Å²) in [4.78, 5) is 30.9. The van der Waals surface area contributed by atoms with Gasteiger partial charge in [-0.1, -0.05) is 17.7 Å². The van der Waals surface area contributed by atoms with Gasteiger partial charge in [0, 0.05) is 56.1 Å². The van der Waals surface area contributed by atoms with Crippen LogP contribution in [0.5, 0.6) is 0 Å². The quantitative estimate of drug-likeness (QED) is 0.813. The normalized spacial score (nSPS) is 21.0. The number of carbonyl (C=O) groups is 2. The molecule has 1 unspecified atom stereocenters. The highest BCUT2D eigenvalue weighted by atomic mass is 35.5. The Balaban J connectivity index is 1.58. The molecular formula is C19H26ClN3O3. The van der Waals surface area contributed by atoms with Gasteiger partial charge < -0.3 is 19.8 Å². The van der Waals surface area contributed by atoms with Crippen LogP contribution in [0.4, 0.5) is 5.69 Å². The van der Waals surface area contributed by atoms with Crippen LogP contribution >= 0.6 is 11.6 Å². The van der Waals surface area contributed by atoms with E-state index in [2.05, 4.69) is 4.90 Å². The van der Waals surface area contributed by atoms with E-state index in [9.17, 15) is 14.7 Å². The predicted octanol–water partition coefficient (Wildman–Crippen LogP) is 1.75. The van der Waals surface area contributed by atoms with Gasteiger partial charge in [-0.05, 0) is 43.9 Å². The van der Waals surface area contributed by atoms with Crippen LogP contribution in [0.15, 0.2) is 24.3 Å². The second-order valence-corrected chi connectivity index (χ2v) is 7.36. The van der Waals surface area contributed by atoms with Gasteiger partial charge in [0.2, 0.25) is 0 Å². The lowest BCUT2D eigenvalue weighted by atomic mass is 9.99. The minimum atomic E-state index is -0.417. The van der Waals surface area contributed by atoms with E-state index in [4.69, 9.17) is 11.6 Å². The Morgan fingerprint density at radius 2 is 1.85 bits per heavy atom. The number of piperidine rings is 1. The maximum Gasteiger partial charge on any atom is 0.312 e. The number of likely N-dealkylation sites (tertiary alicyclic amines) is 1. The molecule has 2 heterocycles. The van der Waals surface area contributed by atoms with Crippen molar-refractivity contribution in [1.29, 1.82) is 0 Å². The molecule has 6 nitrogen and oxygen atoms in total. The largest absolute Gasteiger partial charge is 0.396 e. The number of nitrogens with zero attached hydrogens (tertiary/aromatic N) is 3. The zero-order chi connectivity index (χ0) is 18.5. The summed E-state index contributed by atoms with van der Waals surface area (Å²) >= 11 is 6.05. The van der Waals surface area contributed by atoms with Crippen molar-refractivity contribution >= 4 is 29.1 Å². The van der Waals surface area contributed by atoms with Gasteiger partial charge in [0.1, 0.15) is 0 Å². The average molecular weight is 380 g/mol. The number of piperazine rings is 1. The minimum absolute atomic E-state index is 0.0158. The minimum Gasteiger partial charge on any atom is -0.396 e. The van der Waals surface area contributed by atoms with E-state index in [1.807, 2.05) is 24.3 Å². The van der Waals surface area contributed by atoms with Crippen molar-refractivity contribution in [2.45, 2.75) is 31.7 Å². The van der Waals surface area contributed by atoms with Gasteiger partial charge in [0.05, 0.1) is 0 Å². The van der Waals surface area contributed by atoms with Crippen molar-refractivity contribution < 1.29 is 14.7 Å². The van der Waals surface area contributed by atoms with Crippen molar-refractivity contribution in [3.63, 3.8) is 0 Å². The molecule has 0 aromatic heterocycles. The maximum absolute atomic E-state index is 12.7. The third-order valence-electron chi connectivity index (χ3n) is 5.27. The van der Waals surface area contributed by atoms with Gasteiger partial charge in [-0.2, -0.15) is 0 Å². The number of aliphatic hydroxyl groups is 1. The highest BCUT2D eigenvalue weighted by molar-refractivity contribution is 6.35. The van der Waals surface area contributed by atoms with Gasteiger partial charge in [-0.3, -0.25) is 9.59 Å². The maximum atomic E-state index is 12.7. The highest BCUT2D eigenvalue weighted by Crippen LogP contribution is 2.22. The van der Waals surface area contributed by atoms with Crippen molar-refractivity contribution in [3.8, 4) is 0 Å². The zero-order valence-corrected chi connectivity index (χ0v) is 15.7. The van der Waals surface area contributed by atoms with Crippen LogP contribution in [-0.2, 0) is 9.59 Å². The van der Waals surface area contributed by atoms with E-state index in [0.717, 1.165) is 24.9 Å². The topological polar surface area (TPSA) is 64.1 Å². The number of hydrogen-bond acceptors (Lipinski definition) is 4. The van der Waals surface area contributed by atoms with E-state index in [1.165, 1.54) is 0 Å². The fraction of sp³-hybridized carbons (Fsp3) is 0.579. The summed E-state index contributed by atoms with van der Waals surface area (Å²) in [6.45, 7) is 3.06. The van der Waals surface area contributed by atoms with Crippen LogP contribution in [0.25, 0.3) is 0 Å². The molecule has 1 atom stereocenters. The van der Waals surface area contributed by atoms with Crippen molar-refractivity contribution in [2.24, 2.45) is 0 Å². The summed E-state index contributed by atoms with van der Waals surface area (Å²) in [5.41, 5.74) is 1.04. The molecule has 3 rings (SSSR count).